The van der Waals surface area contributed by atoms with E-state index >= 15 is 0 Å². The summed E-state index contributed by atoms with van der Waals surface area (Å²) in [6.45, 7) is 2.43. The fraction of sp³-hybridized carbons (Fsp3) is 0.0870. The summed E-state index contributed by atoms with van der Waals surface area (Å²) in [4.78, 5) is 27.8. The van der Waals surface area contributed by atoms with Crippen LogP contribution in [-0.2, 0) is 9.59 Å². The molecular formula is C23H18N2O4S2. The van der Waals surface area contributed by atoms with Crippen molar-refractivity contribution in [3.63, 3.8) is 0 Å². The van der Waals surface area contributed by atoms with Crippen LogP contribution in [0.3, 0.4) is 0 Å². The van der Waals surface area contributed by atoms with E-state index in [4.69, 9.17) is 21.4 Å². The summed E-state index contributed by atoms with van der Waals surface area (Å²) < 4.78 is 11.2. The molecule has 0 atom stereocenters. The monoisotopic (exact) mass is 450 g/mol. The minimum Gasteiger partial charge on any atom is -0.494 e. The van der Waals surface area contributed by atoms with Crippen molar-refractivity contribution in [1.29, 1.82) is 0 Å². The minimum absolute atomic E-state index is 0.0241. The molecule has 0 bridgehead atoms. The zero-order valence-electron chi connectivity index (χ0n) is 16.5. The number of hydrogen-bond donors (Lipinski definition) is 1. The van der Waals surface area contributed by atoms with Crippen LogP contribution in [0.5, 0.6) is 5.75 Å². The number of benzene rings is 2. The van der Waals surface area contributed by atoms with E-state index in [1.54, 1.807) is 36.4 Å². The highest BCUT2D eigenvalue weighted by molar-refractivity contribution is 7.99. The second-order valence-corrected chi connectivity index (χ2v) is 7.92. The number of amides is 2. The van der Waals surface area contributed by atoms with Gasteiger partial charge in [-0.25, -0.2) is 0 Å². The summed E-state index contributed by atoms with van der Waals surface area (Å²) in [7, 11) is 0. The SMILES string of the molecule is CCOc1ccc(N2C(=O)C(=Cc3ccc(Sc4ccccc4)o3)C(=O)NC2=S)cc1. The van der Waals surface area contributed by atoms with E-state index in [9.17, 15) is 9.59 Å². The summed E-state index contributed by atoms with van der Waals surface area (Å²) in [5, 5.41) is 3.24. The lowest BCUT2D eigenvalue weighted by atomic mass is 10.1. The van der Waals surface area contributed by atoms with Crippen molar-refractivity contribution >= 4 is 52.7 Å². The van der Waals surface area contributed by atoms with Crippen LogP contribution < -0.4 is 15.0 Å². The molecule has 1 fully saturated rings. The van der Waals surface area contributed by atoms with Gasteiger partial charge >= 0.3 is 0 Å². The summed E-state index contributed by atoms with van der Waals surface area (Å²) in [5.74, 6) is -0.00530. The average Bonchev–Trinajstić information content (AvgIpc) is 3.20. The molecule has 31 heavy (non-hydrogen) atoms. The third-order valence-corrected chi connectivity index (χ3v) is 5.57. The van der Waals surface area contributed by atoms with Crippen LogP contribution in [0.1, 0.15) is 12.7 Å². The number of carbonyl (C=O) groups excluding carboxylic acids is 2. The molecule has 3 aromatic rings. The summed E-state index contributed by atoms with van der Waals surface area (Å²) in [5.41, 5.74) is 0.470. The first-order chi connectivity index (χ1) is 15.0. The van der Waals surface area contributed by atoms with Crippen molar-refractivity contribution in [2.75, 3.05) is 11.5 Å². The van der Waals surface area contributed by atoms with Gasteiger partial charge in [0.15, 0.2) is 10.2 Å². The Hall–Kier alpha value is -3.36. The van der Waals surface area contributed by atoms with Gasteiger partial charge in [0, 0.05) is 4.90 Å². The maximum Gasteiger partial charge on any atom is 0.270 e. The van der Waals surface area contributed by atoms with Crippen molar-refractivity contribution in [3.8, 4) is 5.75 Å². The molecule has 1 N–H and O–H groups in total. The van der Waals surface area contributed by atoms with Gasteiger partial charge in [-0.3, -0.25) is 19.8 Å². The van der Waals surface area contributed by atoms with Crippen molar-refractivity contribution in [1.82, 2.24) is 5.32 Å². The fourth-order valence-electron chi connectivity index (χ4n) is 2.96. The number of nitrogens with one attached hydrogen (secondary N) is 1. The second-order valence-electron chi connectivity index (χ2n) is 6.46. The molecule has 156 valence electrons. The topological polar surface area (TPSA) is 71.8 Å². The molecule has 8 heteroatoms. The van der Waals surface area contributed by atoms with Crippen LogP contribution in [0.2, 0.25) is 0 Å². The highest BCUT2D eigenvalue weighted by atomic mass is 32.2. The Kier molecular flexibility index (Phi) is 6.20. The third-order valence-electron chi connectivity index (χ3n) is 4.36. The number of anilines is 1. The predicted molar refractivity (Wildman–Crippen MR) is 123 cm³/mol. The first kappa shape index (κ1) is 20.9. The Morgan fingerprint density at radius 3 is 2.52 bits per heavy atom. The van der Waals surface area contributed by atoms with E-state index in [1.807, 2.05) is 37.3 Å². The van der Waals surface area contributed by atoms with E-state index in [0.717, 1.165) is 4.90 Å². The molecule has 0 radical (unpaired) electrons. The molecule has 6 nitrogen and oxygen atoms in total. The van der Waals surface area contributed by atoms with Crippen LogP contribution in [0.4, 0.5) is 5.69 Å². The smallest absolute Gasteiger partial charge is 0.270 e. The van der Waals surface area contributed by atoms with Crippen molar-refractivity contribution in [3.05, 3.63) is 78.1 Å². The van der Waals surface area contributed by atoms with Gasteiger partial charge < -0.3 is 9.15 Å². The zero-order valence-corrected chi connectivity index (χ0v) is 18.2. The molecule has 0 spiro atoms. The molecule has 2 aromatic carbocycles. The number of hydrogen-bond acceptors (Lipinski definition) is 6. The second kappa shape index (κ2) is 9.20. The quantitative estimate of drug-likeness (QED) is 0.335. The summed E-state index contributed by atoms with van der Waals surface area (Å²) in [6, 6.07) is 20.2. The normalized spacial score (nSPS) is 15.3. The minimum atomic E-state index is -0.564. The molecule has 0 saturated carbocycles. The van der Waals surface area contributed by atoms with Gasteiger partial charge in [-0.1, -0.05) is 30.0 Å². The molecule has 0 aliphatic carbocycles. The van der Waals surface area contributed by atoms with Gasteiger partial charge in [0.1, 0.15) is 17.1 Å². The Morgan fingerprint density at radius 2 is 1.81 bits per heavy atom. The molecule has 1 aliphatic rings. The number of carbonyl (C=O) groups is 2. The lowest BCUT2D eigenvalue weighted by molar-refractivity contribution is -0.122. The summed E-state index contributed by atoms with van der Waals surface area (Å²) >= 11 is 6.68. The number of ether oxygens (including phenoxy) is 1. The van der Waals surface area contributed by atoms with E-state index in [-0.39, 0.29) is 10.7 Å². The van der Waals surface area contributed by atoms with Gasteiger partial charge in [-0.2, -0.15) is 0 Å². The maximum absolute atomic E-state index is 13.1. The number of nitrogens with zero attached hydrogens (tertiary/aromatic N) is 1. The first-order valence-electron chi connectivity index (χ1n) is 9.52. The molecule has 2 amide bonds. The fourth-order valence-corrected chi connectivity index (χ4v) is 4.04. The van der Waals surface area contributed by atoms with Crippen molar-refractivity contribution < 1.29 is 18.7 Å². The van der Waals surface area contributed by atoms with Gasteiger partial charge in [0.25, 0.3) is 11.8 Å². The van der Waals surface area contributed by atoms with Gasteiger partial charge in [0.05, 0.1) is 12.3 Å². The lowest BCUT2D eigenvalue weighted by Crippen LogP contribution is -2.54. The van der Waals surface area contributed by atoms with Crippen LogP contribution in [0.25, 0.3) is 6.08 Å². The van der Waals surface area contributed by atoms with Gasteiger partial charge in [-0.05, 0) is 73.7 Å². The maximum atomic E-state index is 13.1. The van der Waals surface area contributed by atoms with E-state index in [0.29, 0.717) is 28.9 Å². The van der Waals surface area contributed by atoms with E-state index in [1.165, 1.54) is 22.7 Å². The highest BCUT2D eigenvalue weighted by Crippen LogP contribution is 2.30. The molecule has 4 rings (SSSR count). The molecule has 1 aromatic heterocycles. The molecular weight excluding hydrogens is 432 g/mol. The Balaban J connectivity index is 1.57. The zero-order chi connectivity index (χ0) is 21.8. The van der Waals surface area contributed by atoms with Crippen LogP contribution in [-0.4, -0.2) is 23.5 Å². The van der Waals surface area contributed by atoms with Gasteiger partial charge in [-0.15, -0.1) is 0 Å². The Morgan fingerprint density at radius 1 is 1.06 bits per heavy atom. The predicted octanol–water partition coefficient (Wildman–Crippen LogP) is 4.66. The number of furan rings is 1. The largest absolute Gasteiger partial charge is 0.494 e. The lowest BCUT2D eigenvalue weighted by Gasteiger charge is -2.28. The molecule has 1 aliphatic heterocycles. The third kappa shape index (κ3) is 4.70. The summed E-state index contributed by atoms with van der Waals surface area (Å²) in [6.07, 6.45) is 1.43. The average molecular weight is 451 g/mol. The standard InChI is InChI=1S/C23H18N2O4S2/c1-2-28-16-10-8-15(9-11-16)25-22(27)19(21(26)24-23(25)30)14-17-12-13-20(29-17)31-18-6-4-3-5-7-18/h3-14H,2H2,1H3,(H,24,26,30). The van der Waals surface area contributed by atoms with Crippen molar-refractivity contribution in [2.45, 2.75) is 16.9 Å². The van der Waals surface area contributed by atoms with Crippen LogP contribution >= 0.6 is 24.0 Å². The van der Waals surface area contributed by atoms with E-state index < -0.39 is 11.8 Å². The van der Waals surface area contributed by atoms with Crippen LogP contribution in [0, 0.1) is 0 Å². The van der Waals surface area contributed by atoms with Crippen molar-refractivity contribution in [2.24, 2.45) is 0 Å². The highest BCUT2D eigenvalue weighted by Gasteiger charge is 2.34. The Bertz CT molecular complexity index is 1150. The number of rotatable bonds is 6. The Labute approximate surface area is 188 Å². The van der Waals surface area contributed by atoms with E-state index in [2.05, 4.69) is 5.32 Å². The molecule has 1 saturated heterocycles. The van der Waals surface area contributed by atoms with Gasteiger partial charge in [0.2, 0.25) is 0 Å². The molecule has 0 unspecified atom stereocenters. The molecule has 2 heterocycles. The number of thiocarbonyl (C=S) groups is 1. The van der Waals surface area contributed by atoms with Crippen LogP contribution in [0.15, 0.2) is 86.7 Å². The first-order valence-corrected chi connectivity index (χ1v) is 10.7.